The Kier molecular flexibility index (Phi) is 5.90. The lowest BCUT2D eigenvalue weighted by Gasteiger charge is -2.49. The molecule has 0 aliphatic carbocycles. The van der Waals surface area contributed by atoms with Crippen LogP contribution in [0, 0.1) is 0 Å². The molecule has 41 heavy (non-hydrogen) atoms. The number of rotatable bonds is 4. The largest absolute Gasteiger partial charge is 0.508 e. The number of methoxy groups -OCH3 is 2. The van der Waals surface area contributed by atoms with Gasteiger partial charge in [-0.1, -0.05) is 24.3 Å². The van der Waals surface area contributed by atoms with Crippen molar-refractivity contribution in [2.75, 3.05) is 27.4 Å². The number of phenolic OH excluding ortho intramolecular Hbond substituents is 2. The van der Waals surface area contributed by atoms with Gasteiger partial charge >= 0.3 is 0 Å². The minimum Gasteiger partial charge on any atom is -0.508 e. The van der Waals surface area contributed by atoms with Crippen molar-refractivity contribution in [1.29, 1.82) is 0 Å². The van der Waals surface area contributed by atoms with Crippen LogP contribution in [-0.4, -0.2) is 48.9 Å². The van der Waals surface area contributed by atoms with Crippen LogP contribution in [-0.2, 0) is 12.0 Å². The highest BCUT2D eigenvalue weighted by Gasteiger charge is 2.56. The molecule has 7 rings (SSSR count). The molecule has 0 aromatic heterocycles. The standard InChI is InChI=1S/C33H30O8/c1-37-23-7-9-26-30(15-23)40-17-31-33(26,36)32(24-8-6-22(35)14-29(24)41-31)25-12-18(4-10-27(25)38-2)20-11-19-3-5-21(34)13-28(19)39-16-20/h3-10,12-15,20,31-32,34-36H,11,16-17H2,1-2H3/t20-,31+,32+,33+/m0/s1. The molecule has 0 saturated heterocycles. The van der Waals surface area contributed by atoms with E-state index < -0.39 is 17.6 Å². The number of aromatic hydroxyl groups is 2. The van der Waals surface area contributed by atoms with E-state index >= 15 is 0 Å². The van der Waals surface area contributed by atoms with Gasteiger partial charge in [-0.15, -0.1) is 0 Å². The van der Waals surface area contributed by atoms with Crippen LogP contribution in [0.5, 0.6) is 40.2 Å². The zero-order chi connectivity index (χ0) is 28.3. The molecular formula is C33H30O8. The number of benzene rings is 4. The monoisotopic (exact) mass is 554 g/mol. The zero-order valence-corrected chi connectivity index (χ0v) is 22.7. The summed E-state index contributed by atoms with van der Waals surface area (Å²) in [6, 6.07) is 21.6. The van der Waals surface area contributed by atoms with Crippen LogP contribution >= 0.6 is 0 Å². The average Bonchev–Trinajstić information content (AvgIpc) is 2.99. The number of phenols is 2. The first-order valence-electron chi connectivity index (χ1n) is 13.5. The molecule has 4 aromatic rings. The lowest BCUT2D eigenvalue weighted by molar-refractivity contribution is -0.120. The maximum absolute atomic E-state index is 12.8. The van der Waals surface area contributed by atoms with Crippen molar-refractivity contribution < 1.29 is 39.0 Å². The molecule has 0 saturated carbocycles. The van der Waals surface area contributed by atoms with Crippen LogP contribution in [0.3, 0.4) is 0 Å². The summed E-state index contributed by atoms with van der Waals surface area (Å²) in [5.74, 6) is 2.62. The normalized spacial score (nSPS) is 23.8. The molecule has 3 aliphatic heterocycles. The van der Waals surface area contributed by atoms with E-state index in [1.807, 2.05) is 24.3 Å². The molecule has 8 heteroatoms. The minimum absolute atomic E-state index is 0.0486. The average molecular weight is 555 g/mol. The van der Waals surface area contributed by atoms with E-state index in [1.54, 1.807) is 56.7 Å². The van der Waals surface area contributed by atoms with Crippen molar-refractivity contribution in [3.05, 3.63) is 101 Å². The van der Waals surface area contributed by atoms with Crippen LogP contribution in [0.25, 0.3) is 0 Å². The smallest absolute Gasteiger partial charge is 0.166 e. The first-order chi connectivity index (χ1) is 19.9. The van der Waals surface area contributed by atoms with Gasteiger partial charge in [0, 0.05) is 40.8 Å². The summed E-state index contributed by atoms with van der Waals surface area (Å²) >= 11 is 0. The van der Waals surface area contributed by atoms with Crippen LogP contribution in [0.15, 0.2) is 72.8 Å². The van der Waals surface area contributed by atoms with Crippen molar-refractivity contribution in [3.63, 3.8) is 0 Å². The maximum Gasteiger partial charge on any atom is 0.166 e. The predicted molar refractivity (Wildman–Crippen MR) is 150 cm³/mol. The van der Waals surface area contributed by atoms with Gasteiger partial charge in [0.25, 0.3) is 0 Å². The number of hydrogen-bond donors (Lipinski definition) is 3. The highest BCUT2D eigenvalue weighted by molar-refractivity contribution is 5.59. The summed E-state index contributed by atoms with van der Waals surface area (Å²) in [7, 11) is 3.20. The SMILES string of the molecule is COc1ccc2c(c1)OC[C@H]1Oc3cc(O)ccc3[C@H](c3cc([C@@H]4COc5cc(O)ccc5C4)ccc3OC)[C@@]21O. The Morgan fingerprint density at radius 2 is 1.54 bits per heavy atom. The molecule has 0 fully saturated rings. The summed E-state index contributed by atoms with van der Waals surface area (Å²) in [5, 5.41) is 33.0. The molecule has 0 radical (unpaired) electrons. The summed E-state index contributed by atoms with van der Waals surface area (Å²) in [6.45, 7) is 0.550. The minimum atomic E-state index is -1.52. The molecule has 3 heterocycles. The maximum atomic E-state index is 12.8. The second-order valence-electron chi connectivity index (χ2n) is 10.8. The third-order valence-electron chi connectivity index (χ3n) is 8.51. The van der Waals surface area contributed by atoms with Gasteiger partial charge in [0.15, 0.2) is 6.10 Å². The predicted octanol–water partition coefficient (Wildman–Crippen LogP) is 5.01. The van der Waals surface area contributed by atoms with Crippen LogP contribution < -0.4 is 23.7 Å². The van der Waals surface area contributed by atoms with Crippen molar-refractivity contribution in [2.24, 2.45) is 0 Å². The van der Waals surface area contributed by atoms with Gasteiger partial charge in [0.05, 0.1) is 26.7 Å². The fourth-order valence-corrected chi connectivity index (χ4v) is 6.48. The van der Waals surface area contributed by atoms with Gasteiger partial charge in [-0.25, -0.2) is 0 Å². The first-order valence-corrected chi connectivity index (χ1v) is 13.5. The highest BCUT2D eigenvalue weighted by Crippen LogP contribution is 2.57. The molecule has 4 aromatic carbocycles. The van der Waals surface area contributed by atoms with Gasteiger partial charge in [0.2, 0.25) is 0 Å². The second kappa shape index (κ2) is 9.52. The van der Waals surface area contributed by atoms with E-state index in [-0.39, 0.29) is 24.0 Å². The molecule has 0 amide bonds. The number of aliphatic hydroxyl groups is 1. The third kappa shape index (κ3) is 4.01. The molecule has 4 atom stereocenters. The lowest BCUT2D eigenvalue weighted by atomic mass is 9.67. The third-order valence-corrected chi connectivity index (χ3v) is 8.51. The fourth-order valence-electron chi connectivity index (χ4n) is 6.48. The Bertz CT molecular complexity index is 1650. The topological polar surface area (TPSA) is 107 Å². The summed E-state index contributed by atoms with van der Waals surface area (Å²) in [6.07, 6.45) is -0.0168. The van der Waals surface area contributed by atoms with Gasteiger partial charge in [-0.2, -0.15) is 0 Å². The molecule has 0 spiro atoms. The summed E-state index contributed by atoms with van der Waals surface area (Å²) < 4.78 is 29.7. The van der Waals surface area contributed by atoms with E-state index in [9.17, 15) is 15.3 Å². The van der Waals surface area contributed by atoms with Crippen molar-refractivity contribution in [1.82, 2.24) is 0 Å². The Balaban J connectivity index is 1.39. The molecule has 0 bridgehead atoms. The van der Waals surface area contributed by atoms with Crippen molar-refractivity contribution >= 4 is 0 Å². The summed E-state index contributed by atoms with van der Waals surface area (Å²) in [4.78, 5) is 0. The Morgan fingerprint density at radius 1 is 0.756 bits per heavy atom. The second-order valence-corrected chi connectivity index (χ2v) is 10.8. The van der Waals surface area contributed by atoms with Gasteiger partial charge in [0.1, 0.15) is 52.5 Å². The molecule has 0 unspecified atom stereocenters. The molecular weight excluding hydrogens is 524 g/mol. The number of hydrogen-bond acceptors (Lipinski definition) is 8. The fraction of sp³-hybridized carbons (Fsp3) is 0.273. The van der Waals surface area contributed by atoms with Crippen LogP contribution in [0.2, 0.25) is 0 Å². The van der Waals surface area contributed by atoms with E-state index in [4.69, 9.17) is 23.7 Å². The van der Waals surface area contributed by atoms with Crippen molar-refractivity contribution in [3.8, 4) is 40.2 Å². The van der Waals surface area contributed by atoms with E-state index in [2.05, 4.69) is 6.07 Å². The van der Waals surface area contributed by atoms with E-state index in [0.717, 1.165) is 28.7 Å². The Labute approximate surface area is 237 Å². The van der Waals surface area contributed by atoms with E-state index in [0.29, 0.717) is 40.9 Å². The lowest BCUT2D eigenvalue weighted by Crippen LogP contribution is -2.56. The first kappa shape index (κ1) is 25.4. The van der Waals surface area contributed by atoms with Crippen LogP contribution in [0.4, 0.5) is 0 Å². The van der Waals surface area contributed by atoms with E-state index in [1.165, 1.54) is 0 Å². The molecule has 3 aliphatic rings. The number of ether oxygens (including phenoxy) is 5. The van der Waals surface area contributed by atoms with Crippen molar-refractivity contribution in [2.45, 2.75) is 30.0 Å². The van der Waals surface area contributed by atoms with Crippen LogP contribution in [0.1, 0.15) is 39.7 Å². The highest BCUT2D eigenvalue weighted by atomic mass is 16.6. The summed E-state index contributed by atoms with van der Waals surface area (Å²) in [5.41, 5.74) is 2.63. The molecule has 210 valence electrons. The quantitative estimate of drug-likeness (QED) is 0.323. The Morgan fingerprint density at radius 3 is 2.34 bits per heavy atom. The van der Waals surface area contributed by atoms with Gasteiger partial charge < -0.3 is 39.0 Å². The van der Waals surface area contributed by atoms with Gasteiger partial charge in [-0.05, 0) is 47.9 Å². The molecule has 8 nitrogen and oxygen atoms in total. The Hall–Kier alpha value is -4.56. The molecule has 3 N–H and O–H groups in total. The zero-order valence-electron chi connectivity index (χ0n) is 22.7. The number of fused-ring (bicyclic) bond motifs is 5. The van der Waals surface area contributed by atoms with Gasteiger partial charge in [-0.3, -0.25) is 0 Å².